The molecular formula is C15H11ClF3NO. The Balaban J connectivity index is 2.22. The summed E-state index contributed by atoms with van der Waals surface area (Å²) in [6, 6.07) is 4.07. The van der Waals surface area contributed by atoms with Crippen molar-refractivity contribution in [2.75, 3.05) is 5.32 Å². The Bertz CT molecular complexity index is 670. The highest BCUT2D eigenvalue weighted by atomic mass is 35.5. The van der Waals surface area contributed by atoms with E-state index in [0.717, 1.165) is 12.8 Å². The van der Waals surface area contributed by atoms with Crippen LogP contribution in [0.4, 0.5) is 18.9 Å². The number of nitrogens with one attached hydrogen (secondary N) is 1. The Hall–Kier alpha value is -1.67. The third-order valence-corrected chi connectivity index (χ3v) is 3.93. The first-order chi connectivity index (χ1) is 9.82. The summed E-state index contributed by atoms with van der Waals surface area (Å²) in [6.45, 7) is 0. The van der Waals surface area contributed by atoms with Gasteiger partial charge in [-0.05, 0) is 31.0 Å². The summed E-state index contributed by atoms with van der Waals surface area (Å²) in [7, 11) is 0. The number of rotatable bonds is 0. The Morgan fingerprint density at radius 2 is 2.05 bits per heavy atom. The standard InChI is InChI=1S/C15H11ClF3NO/c16-10-3-4-12-11(7-10)14(15(17,18)19,8-13(21)20-12)6-5-9-1-2-9/h3-4,7,9H,1-2,8H2,(H,20,21)/t14-/m0/s1. The highest BCUT2D eigenvalue weighted by Crippen LogP contribution is 2.49. The van der Waals surface area contributed by atoms with Crippen LogP contribution in [0.1, 0.15) is 24.8 Å². The van der Waals surface area contributed by atoms with Crippen molar-refractivity contribution >= 4 is 23.2 Å². The molecule has 3 rings (SSSR count). The second-order valence-electron chi connectivity index (χ2n) is 5.36. The topological polar surface area (TPSA) is 29.1 Å². The molecule has 2 aliphatic rings. The van der Waals surface area contributed by atoms with Gasteiger partial charge in [0.05, 0.1) is 6.42 Å². The molecule has 1 heterocycles. The van der Waals surface area contributed by atoms with Crippen LogP contribution < -0.4 is 5.32 Å². The summed E-state index contributed by atoms with van der Waals surface area (Å²) in [5.74, 6) is 4.34. The van der Waals surface area contributed by atoms with Crippen LogP contribution in [0.5, 0.6) is 0 Å². The molecule has 110 valence electrons. The number of carbonyl (C=O) groups excluding carboxylic acids is 1. The summed E-state index contributed by atoms with van der Waals surface area (Å²) >= 11 is 5.84. The summed E-state index contributed by atoms with van der Waals surface area (Å²) in [6.07, 6.45) is -3.75. The summed E-state index contributed by atoms with van der Waals surface area (Å²) < 4.78 is 41.2. The fourth-order valence-corrected chi connectivity index (χ4v) is 2.57. The predicted molar refractivity (Wildman–Crippen MR) is 72.9 cm³/mol. The molecule has 0 bridgehead atoms. The summed E-state index contributed by atoms with van der Waals surface area (Å²) in [5.41, 5.74) is -2.42. The van der Waals surface area contributed by atoms with E-state index in [0.29, 0.717) is 0 Å². The number of fused-ring (bicyclic) bond motifs is 1. The van der Waals surface area contributed by atoms with Gasteiger partial charge in [0.15, 0.2) is 5.41 Å². The summed E-state index contributed by atoms with van der Waals surface area (Å²) in [5, 5.41) is 2.64. The van der Waals surface area contributed by atoms with Crippen LogP contribution in [0.2, 0.25) is 5.02 Å². The molecule has 1 N–H and O–H groups in total. The average Bonchev–Trinajstić information content (AvgIpc) is 3.19. The largest absolute Gasteiger partial charge is 0.409 e. The zero-order valence-electron chi connectivity index (χ0n) is 10.9. The molecule has 1 atom stereocenters. The minimum atomic E-state index is -4.65. The van der Waals surface area contributed by atoms with Crippen molar-refractivity contribution in [3.05, 3.63) is 28.8 Å². The molecule has 2 nitrogen and oxygen atoms in total. The molecular weight excluding hydrogens is 303 g/mol. The Morgan fingerprint density at radius 3 is 2.67 bits per heavy atom. The highest BCUT2D eigenvalue weighted by Gasteiger charge is 2.59. The van der Waals surface area contributed by atoms with E-state index >= 15 is 0 Å². The van der Waals surface area contributed by atoms with Crippen LogP contribution in [0.15, 0.2) is 18.2 Å². The van der Waals surface area contributed by atoms with Crippen LogP contribution in [0.3, 0.4) is 0 Å². The number of anilines is 1. The zero-order valence-corrected chi connectivity index (χ0v) is 11.6. The van der Waals surface area contributed by atoms with Crippen molar-refractivity contribution in [2.45, 2.75) is 30.9 Å². The molecule has 1 aliphatic heterocycles. The van der Waals surface area contributed by atoms with Crippen molar-refractivity contribution in [2.24, 2.45) is 5.92 Å². The number of halogens is 4. The van der Waals surface area contributed by atoms with E-state index in [1.807, 2.05) is 0 Å². The molecule has 1 aliphatic carbocycles. The number of benzene rings is 1. The van der Waals surface area contributed by atoms with E-state index in [1.54, 1.807) is 0 Å². The van der Waals surface area contributed by atoms with Gasteiger partial charge < -0.3 is 5.32 Å². The number of amides is 1. The van der Waals surface area contributed by atoms with Gasteiger partial charge in [-0.15, -0.1) is 0 Å². The Labute approximate surface area is 124 Å². The lowest BCUT2D eigenvalue weighted by atomic mass is 9.74. The van der Waals surface area contributed by atoms with Crippen LogP contribution in [-0.2, 0) is 10.2 Å². The number of alkyl halides is 3. The van der Waals surface area contributed by atoms with Gasteiger partial charge in [-0.1, -0.05) is 23.4 Å². The second-order valence-corrected chi connectivity index (χ2v) is 5.80. The lowest BCUT2D eigenvalue weighted by Gasteiger charge is -2.36. The number of hydrogen-bond donors (Lipinski definition) is 1. The maximum atomic E-state index is 13.7. The minimum absolute atomic E-state index is 0.0110. The van der Waals surface area contributed by atoms with Gasteiger partial charge in [-0.25, -0.2) is 0 Å². The van der Waals surface area contributed by atoms with Gasteiger partial charge in [0.1, 0.15) is 0 Å². The SMILES string of the molecule is O=C1C[C@](C#CC2CC2)(C(F)(F)F)c2cc(Cl)ccc2N1. The zero-order chi connectivity index (χ0) is 15.3. The molecule has 0 radical (unpaired) electrons. The molecule has 0 unspecified atom stereocenters. The summed E-state index contributed by atoms with van der Waals surface area (Å²) in [4.78, 5) is 11.7. The first kappa shape index (κ1) is 14.3. The van der Waals surface area contributed by atoms with Crippen LogP contribution in [0.25, 0.3) is 0 Å². The van der Waals surface area contributed by atoms with Crippen LogP contribution in [-0.4, -0.2) is 12.1 Å². The third kappa shape index (κ3) is 2.49. The molecule has 1 saturated carbocycles. The first-order valence-corrected chi connectivity index (χ1v) is 6.89. The molecule has 0 saturated heterocycles. The van der Waals surface area contributed by atoms with E-state index in [1.165, 1.54) is 18.2 Å². The first-order valence-electron chi connectivity index (χ1n) is 6.51. The van der Waals surface area contributed by atoms with E-state index in [2.05, 4.69) is 17.2 Å². The van der Waals surface area contributed by atoms with Crippen molar-refractivity contribution in [3.63, 3.8) is 0 Å². The molecule has 6 heteroatoms. The van der Waals surface area contributed by atoms with Crippen molar-refractivity contribution < 1.29 is 18.0 Å². The predicted octanol–water partition coefficient (Wildman–Crippen LogP) is 3.90. The molecule has 1 amide bonds. The van der Waals surface area contributed by atoms with Gasteiger partial charge in [-0.3, -0.25) is 4.79 Å². The van der Waals surface area contributed by atoms with E-state index in [4.69, 9.17) is 11.6 Å². The minimum Gasteiger partial charge on any atom is -0.326 e. The van der Waals surface area contributed by atoms with E-state index in [9.17, 15) is 18.0 Å². The normalized spacial score (nSPS) is 24.7. The Kier molecular flexibility index (Phi) is 3.18. The fourth-order valence-electron chi connectivity index (χ4n) is 2.40. The average molecular weight is 314 g/mol. The van der Waals surface area contributed by atoms with Crippen LogP contribution in [0, 0.1) is 17.8 Å². The smallest absolute Gasteiger partial charge is 0.326 e. The van der Waals surface area contributed by atoms with Gasteiger partial charge in [-0.2, -0.15) is 13.2 Å². The monoisotopic (exact) mass is 313 g/mol. The van der Waals surface area contributed by atoms with Gasteiger partial charge in [0.2, 0.25) is 5.91 Å². The van der Waals surface area contributed by atoms with Crippen molar-refractivity contribution in [3.8, 4) is 11.8 Å². The maximum Gasteiger partial charge on any atom is 0.409 e. The fraction of sp³-hybridized carbons (Fsp3) is 0.400. The second kappa shape index (κ2) is 4.67. The highest BCUT2D eigenvalue weighted by molar-refractivity contribution is 6.30. The van der Waals surface area contributed by atoms with Crippen LogP contribution >= 0.6 is 11.6 Å². The van der Waals surface area contributed by atoms with Gasteiger partial charge in [0.25, 0.3) is 0 Å². The van der Waals surface area contributed by atoms with Gasteiger partial charge >= 0.3 is 6.18 Å². The van der Waals surface area contributed by atoms with E-state index in [-0.39, 0.29) is 22.2 Å². The Morgan fingerprint density at radius 1 is 1.33 bits per heavy atom. The van der Waals surface area contributed by atoms with E-state index < -0.39 is 23.9 Å². The quantitative estimate of drug-likeness (QED) is 0.723. The van der Waals surface area contributed by atoms with Crippen molar-refractivity contribution in [1.82, 2.24) is 0 Å². The number of carbonyl (C=O) groups is 1. The lowest BCUT2D eigenvalue weighted by Crippen LogP contribution is -2.47. The molecule has 1 fully saturated rings. The number of hydrogen-bond acceptors (Lipinski definition) is 1. The molecule has 1 aromatic carbocycles. The van der Waals surface area contributed by atoms with Crippen molar-refractivity contribution in [1.29, 1.82) is 0 Å². The maximum absolute atomic E-state index is 13.7. The lowest BCUT2D eigenvalue weighted by molar-refractivity contribution is -0.177. The molecule has 1 aromatic rings. The van der Waals surface area contributed by atoms with Gasteiger partial charge in [0, 0.05) is 22.2 Å². The molecule has 0 spiro atoms. The molecule has 21 heavy (non-hydrogen) atoms. The third-order valence-electron chi connectivity index (χ3n) is 3.69. The molecule has 0 aromatic heterocycles.